The maximum absolute atomic E-state index is 11.6. The van der Waals surface area contributed by atoms with Crippen LogP contribution in [0.1, 0.15) is 17.4 Å². The molecule has 0 aromatic carbocycles. The van der Waals surface area contributed by atoms with Gasteiger partial charge in [0.2, 0.25) is 0 Å². The van der Waals surface area contributed by atoms with Crippen molar-refractivity contribution in [2.24, 2.45) is 0 Å². The summed E-state index contributed by atoms with van der Waals surface area (Å²) in [6, 6.07) is 3.43. The van der Waals surface area contributed by atoms with Crippen LogP contribution in [0.25, 0.3) is 0 Å². The molecule has 0 aliphatic carbocycles. The van der Waals surface area contributed by atoms with E-state index in [-0.39, 0.29) is 11.9 Å². The second-order valence-corrected chi connectivity index (χ2v) is 4.11. The lowest BCUT2D eigenvalue weighted by atomic mass is 10.3. The number of rotatable bonds is 4. The largest absolute Gasteiger partial charge is 0.383 e. The van der Waals surface area contributed by atoms with E-state index in [1.807, 2.05) is 6.92 Å². The molecule has 15 heavy (non-hydrogen) atoms. The second-order valence-electron chi connectivity index (χ2n) is 3.19. The minimum Gasteiger partial charge on any atom is -0.383 e. The minimum absolute atomic E-state index is 0.0204. The van der Waals surface area contributed by atoms with Crippen molar-refractivity contribution >= 4 is 21.8 Å². The zero-order chi connectivity index (χ0) is 11.3. The van der Waals surface area contributed by atoms with Crippen LogP contribution in [0.3, 0.4) is 0 Å². The van der Waals surface area contributed by atoms with Gasteiger partial charge in [-0.1, -0.05) is 0 Å². The van der Waals surface area contributed by atoms with Gasteiger partial charge < -0.3 is 10.1 Å². The topological polar surface area (TPSA) is 51.2 Å². The zero-order valence-corrected chi connectivity index (χ0v) is 10.2. The first-order valence-corrected chi connectivity index (χ1v) is 5.34. The number of carbonyl (C=O) groups is 1. The summed E-state index contributed by atoms with van der Waals surface area (Å²) >= 11 is 3.26. The Kier molecular flexibility index (Phi) is 4.71. The SMILES string of the molecule is COCC(C)NC(=O)c1ccc(Br)cn1. The lowest BCUT2D eigenvalue weighted by Crippen LogP contribution is -2.35. The van der Waals surface area contributed by atoms with E-state index in [0.29, 0.717) is 12.3 Å². The summed E-state index contributed by atoms with van der Waals surface area (Å²) in [7, 11) is 1.60. The fraction of sp³-hybridized carbons (Fsp3) is 0.400. The molecule has 5 heteroatoms. The van der Waals surface area contributed by atoms with Crippen LogP contribution in [0.2, 0.25) is 0 Å². The Morgan fingerprint density at radius 1 is 1.67 bits per heavy atom. The molecular formula is C10H13BrN2O2. The van der Waals surface area contributed by atoms with Gasteiger partial charge in [-0.2, -0.15) is 0 Å². The van der Waals surface area contributed by atoms with E-state index in [1.165, 1.54) is 0 Å². The third-order valence-corrected chi connectivity index (χ3v) is 2.22. The Labute approximate surface area is 97.2 Å². The third kappa shape index (κ3) is 3.97. The van der Waals surface area contributed by atoms with Crippen molar-refractivity contribution in [1.82, 2.24) is 10.3 Å². The molecule has 0 saturated heterocycles. The van der Waals surface area contributed by atoms with Crippen LogP contribution in [-0.2, 0) is 4.74 Å². The Balaban J connectivity index is 2.57. The Morgan fingerprint density at radius 2 is 2.40 bits per heavy atom. The predicted molar refractivity (Wildman–Crippen MR) is 60.7 cm³/mol. The molecule has 1 aromatic rings. The fourth-order valence-corrected chi connectivity index (χ4v) is 1.33. The highest BCUT2D eigenvalue weighted by Gasteiger charge is 2.10. The van der Waals surface area contributed by atoms with Crippen LogP contribution in [-0.4, -0.2) is 30.6 Å². The molecule has 0 fully saturated rings. The highest BCUT2D eigenvalue weighted by atomic mass is 79.9. The van der Waals surface area contributed by atoms with Crippen LogP contribution in [0, 0.1) is 0 Å². The first kappa shape index (κ1) is 12.1. The average Bonchev–Trinajstić information content (AvgIpc) is 2.18. The van der Waals surface area contributed by atoms with Gasteiger partial charge in [0.1, 0.15) is 5.69 Å². The monoisotopic (exact) mass is 272 g/mol. The molecule has 0 bridgehead atoms. The number of halogens is 1. The molecule has 1 rings (SSSR count). The van der Waals surface area contributed by atoms with Crippen molar-refractivity contribution in [3.8, 4) is 0 Å². The van der Waals surface area contributed by atoms with Gasteiger partial charge in [0, 0.05) is 23.8 Å². The Morgan fingerprint density at radius 3 is 2.93 bits per heavy atom. The van der Waals surface area contributed by atoms with Gasteiger partial charge in [0.05, 0.1) is 6.61 Å². The molecule has 0 aliphatic rings. The van der Waals surface area contributed by atoms with E-state index in [2.05, 4.69) is 26.2 Å². The lowest BCUT2D eigenvalue weighted by Gasteiger charge is -2.11. The smallest absolute Gasteiger partial charge is 0.270 e. The summed E-state index contributed by atoms with van der Waals surface area (Å²) in [6.07, 6.45) is 1.59. The Hall–Kier alpha value is -0.940. The molecule has 1 heterocycles. The molecular weight excluding hydrogens is 260 g/mol. The summed E-state index contributed by atoms with van der Waals surface area (Å²) in [4.78, 5) is 15.6. The number of pyridine rings is 1. The lowest BCUT2D eigenvalue weighted by molar-refractivity contribution is 0.0900. The summed E-state index contributed by atoms with van der Waals surface area (Å²) in [5, 5.41) is 2.77. The summed E-state index contributed by atoms with van der Waals surface area (Å²) in [5.74, 6) is -0.188. The number of methoxy groups -OCH3 is 1. The molecule has 1 aromatic heterocycles. The predicted octanol–water partition coefficient (Wildman–Crippen LogP) is 1.61. The highest BCUT2D eigenvalue weighted by Crippen LogP contribution is 2.07. The number of hydrogen-bond acceptors (Lipinski definition) is 3. The number of nitrogens with one attached hydrogen (secondary N) is 1. The molecule has 1 amide bonds. The zero-order valence-electron chi connectivity index (χ0n) is 8.66. The molecule has 4 nitrogen and oxygen atoms in total. The van der Waals surface area contributed by atoms with E-state index in [0.717, 1.165) is 4.47 Å². The normalized spacial score (nSPS) is 12.2. The van der Waals surface area contributed by atoms with Crippen LogP contribution >= 0.6 is 15.9 Å². The summed E-state index contributed by atoms with van der Waals surface area (Å²) in [5.41, 5.74) is 0.404. The highest BCUT2D eigenvalue weighted by molar-refractivity contribution is 9.10. The van der Waals surface area contributed by atoms with Crippen molar-refractivity contribution in [2.45, 2.75) is 13.0 Å². The maximum atomic E-state index is 11.6. The van der Waals surface area contributed by atoms with E-state index in [4.69, 9.17) is 4.74 Å². The van der Waals surface area contributed by atoms with Gasteiger partial charge in [0.15, 0.2) is 0 Å². The second kappa shape index (κ2) is 5.82. The molecule has 1 N–H and O–H groups in total. The van der Waals surface area contributed by atoms with Gasteiger partial charge in [-0.3, -0.25) is 4.79 Å². The molecule has 1 unspecified atom stereocenters. The average molecular weight is 273 g/mol. The number of aromatic nitrogens is 1. The van der Waals surface area contributed by atoms with Crippen molar-refractivity contribution in [2.75, 3.05) is 13.7 Å². The van der Waals surface area contributed by atoms with Crippen LogP contribution in [0.15, 0.2) is 22.8 Å². The summed E-state index contributed by atoms with van der Waals surface area (Å²) < 4.78 is 5.77. The molecule has 0 aliphatic heterocycles. The molecule has 0 saturated carbocycles. The van der Waals surface area contributed by atoms with Gasteiger partial charge in [0.25, 0.3) is 5.91 Å². The van der Waals surface area contributed by atoms with E-state index in [9.17, 15) is 4.79 Å². The summed E-state index contributed by atoms with van der Waals surface area (Å²) in [6.45, 7) is 2.36. The van der Waals surface area contributed by atoms with Gasteiger partial charge in [-0.05, 0) is 35.0 Å². The standard InChI is InChI=1S/C10H13BrN2O2/c1-7(6-15-2)13-10(14)9-4-3-8(11)5-12-9/h3-5,7H,6H2,1-2H3,(H,13,14). The number of ether oxygens (including phenoxy) is 1. The maximum Gasteiger partial charge on any atom is 0.270 e. The fourth-order valence-electron chi connectivity index (χ4n) is 1.10. The molecule has 0 radical (unpaired) electrons. The number of nitrogens with zero attached hydrogens (tertiary/aromatic N) is 1. The minimum atomic E-state index is -0.188. The molecule has 0 spiro atoms. The van der Waals surface area contributed by atoms with Crippen molar-refractivity contribution in [3.05, 3.63) is 28.5 Å². The molecule has 82 valence electrons. The van der Waals surface area contributed by atoms with E-state index in [1.54, 1.807) is 25.4 Å². The van der Waals surface area contributed by atoms with Crippen LogP contribution < -0.4 is 5.32 Å². The third-order valence-electron chi connectivity index (χ3n) is 1.75. The van der Waals surface area contributed by atoms with E-state index < -0.39 is 0 Å². The quantitative estimate of drug-likeness (QED) is 0.906. The first-order valence-electron chi connectivity index (χ1n) is 4.55. The van der Waals surface area contributed by atoms with Crippen molar-refractivity contribution < 1.29 is 9.53 Å². The van der Waals surface area contributed by atoms with Crippen LogP contribution in [0.4, 0.5) is 0 Å². The number of hydrogen-bond donors (Lipinski definition) is 1. The van der Waals surface area contributed by atoms with Gasteiger partial charge in [-0.15, -0.1) is 0 Å². The van der Waals surface area contributed by atoms with Gasteiger partial charge in [-0.25, -0.2) is 4.98 Å². The van der Waals surface area contributed by atoms with E-state index >= 15 is 0 Å². The van der Waals surface area contributed by atoms with Crippen LogP contribution in [0.5, 0.6) is 0 Å². The Bertz CT molecular complexity index is 327. The number of amides is 1. The molecule has 1 atom stereocenters. The van der Waals surface area contributed by atoms with Gasteiger partial charge >= 0.3 is 0 Å². The number of carbonyl (C=O) groups excluding carboxylic acids is 1. The first-order chi connectivity index (χ1) is 7.13. The van der Waals surface area contributed by atoms with Crippen molar-refractivity contribution in [3.63, 3.8) is 0 Å². The van der Waals surface area contributed by atoms with Crippen molar-refractivity contribution in [1.29, 1.82) is 0 Å².